The van der Waals surface area contributed by atoms with Gasteiger partial charge in [-0.05, 0) is 60.2 Å². The van der Waals surface area contributed by atoms with Crippen molar-refractivity contribution in [2.75, 3.05) is 7.05 Å². The molecule has 1 aliphatic rings. The minimum Gasteiger partial charge on any atom is -0.435 e. The van der Waals surface area contributed by atoms with E-state index >= 15 is 0 Å². The topological polar surface area (TPSA) is 41.6 Å². The maximum Gasteiger partial charge on any atom is 0.387 e. The summed E-state index contributed by atoms with van der Waals surface area (Å²) in [6.45, 7) is -2.41. The van der Waals surface area contributed by atoms with E-state index in [4.69, 9.17) is 11.6 Å². The van der Waals surface area contributed by atoms with Crippen molar-refractivity contribution >= 4 is 17.6 Å². The summed E-state index contributed by atoms with van der Waals surface area (Å²) in [5.74, 6) is 0.147. The zero-order valence-electron chi connectivity index (χ0n) is 14.9. The smallest absolute Gasteiger partial charge is 0.387 e. The monoisotopic (exact) mass is 394 g/mol. The third kappa shape index (κ3) is 5.10. The number of aryl methyl sites for hydroxylation is 1. The van der Waals surface area contributed by atoms with E-state index in [9.17, 15) is 13.6 Å². The van der Waals surface area contributed by atoms with Gasteiger partial charge in [0.25, 0.3) is 0 Å². The number of hydrogen-bond donors (Lipinski definition) is 1. The second-order valence-electron chi connectivity index (χ2n) is 6.62. The molecular formula is C20H21ClF2N2O2. The first-order chi connectivity index (χ1) is 12.9. The number of urea groups is 1. The van der Waals surface area contributed by atoms with Crippen molar-refractivity contribution in [1.29, 1.82) is 0 Å². The quantitative estimate of drug-likeness (QED) is 0.761. The van der Waals surface area contributed by atoms with E-state index in [0.29, 0.717) is 11.6 Å². The van der Waals surface area contributed by atoms with Gasteiger partial charge in [0.05, 0.1) is 6.04 Å². The zero-order chi connectivity index (χ0) is 19.4. The molecule has 0 saturated heterocycles. The molecule has 0 aliphatic heterocycles. The van der Waals surface area contributed by atoms with Crippen molar-refractivity contribution in [3.05, 3.63) is 64.2 Å². The number of fused-ring (bicyclic) bond motifs is 1. The molecule has 1 atom stereocenters. The second kappa shape index (κ2) is 8.57. The van der Waals surface area contributed by atoms with Gasteiger partial charge in [0.1, 0.15) is 5.75 Å². The molecule has 2 aromatic rings. The Morgan fingerprint density at radius 3 is 2.89 bits per heavy atom. The molecule has 0 fully saturated rings. The number of hydrogen-bond acceptors (Lipinski definition) is 2. The molecule has 2 amide bonds. The predicted molar refractivity (Wildman–Crippen MR) is 100 cm³/mol. The van der Waals surface area contributed by atoms with E-state index in [-0.39, 0.29) is 17.8 Å². The molecule has 27 heavy (non-hydrogen) atoms. The highest BCUT2D eigenvalue weighted by Gasteiger charge is 2.24. The lowest BCUT2D eigenvalue weighted by atomic mass is 9.87. The Kier molecular flexibility index (Phi) is 6.16. The minimum absolute atomic E-state index is 0.147. The Labute approximate surface area is 162 Å². The fourth-order valence-corrected chi connectivity index (χ4v) is 3.57. The number of nitrogens with zero attached hydrogens (tertiary/aromatic N) is 1. The fourth-order valence-electron chi connectivity index (χ4n) is 3.36. The minimum atomic E-state index is -2.85. The Morgan fingerprint density at radius 1 is 1.33 bits per heavy atom. The summed E-state index contributed by atoms with van der Waals surface area (Å²) in [5.41, 5.74) is 2.83. The van der Waals surface area contributed by atoms with Gasteiger partial charge in [-0.1, -0.05) is 29.8 Å². The van der Waals surface area contributed by atoms with Crippen LogP contribution in [-0.2, 0) is 13.0 Å². The Bertz CT molecular complexity index is 816. The number of carbonyl (C=O) groups is 1. The predicted octanol–water partition coefficient (Wildman–Crippen LogP) is 5.16. The second-order valence-corrected chi connectivity index (χ2v) is 7.06. The molecule has 1 N–H and O–H groups in total. The number of rotatable bonds is 5. The first-order valence-corrected chi connectivity index (χ1v) is 9.14. The molecule has 0 heterocycles. The Hall–Kier alpha value is -2.34. The molecule has 3 rings (SSSR count). The van der Waals surface area contributed by atoms with E-state index in [2.05, 4.69) is 10.1 Å². The van der Waals surface area contributed by atoms with E-state index < -0.39 is 6.61 Å². The fraction of sp³-hybridized carbons (Fsp3) is 0.350. The maximum absolute atomic E-state index is 12.6. The molecule has 2 aromatic carbocycles. The summed E-state index contributed by atoms with van der Waals surface area (Å²) in [5, 5.41) is 3.66. The van der Waals surface area contributed by atoms with Crippen molar-refractivity contribution in [1.82, 2.24) is 10.2 Å². The van der Waals surface area contributed by atoms with Crippen LogP contribution in [0.1, 0.15) is 35.6 Å². The number of alkyl halides is 2. The van der Waals surface area contributed by atoms with E-state index in [1.54, 1.807) is 30.1 Å². The summed E-state index contributed by atoms with van der Waals surface area (Å²) in [6, 6.07) is 11.9. The van der Waals surface area contributed by atoms with Gasteiger partial charge in [-0.25, -0.2) is 4.79 Å². The average Bonchev–Trinajstić information content (AvgIpc) is 2.61. The number of halogens is 3. The lowest BCUT2D eigenvalue weighted by Gasteiger charge is -2.29. The molecule has 0 bridgehead atoms. The molecule has 1 aliphatic carbocycles. The van der Waals surface area contributed by atoms with Crippen LogP contribution in [0.4, 0.5) is 13.6 Å². The number of amides is 2. The summed E-state index contributed by atoms with van der Waals surface area (Å²) < 4.78 is 29.3. The first kappa shape index (κ1) is 19.4. The standard InChI is InChI=1S/C20H21ClF2N2O2/c1-25(12-13-4-2-6-15(21)10-13)20(26)24-18-7-3-5-14-11-16(27-19(22)23)8-9-17(14)18/h2,4,6,8-11,18-19H,3,5,7,12H2,1H3,(H,24,26). The molecule has 0 saturated carbocycles. The Morgan fingerprint density at radius 2 is 2.15 bits per heavy atom. The SMILES string of the molecule is CN(Cc1cccc(Cl)c1)C(=O)NC1CCCc2cc(OC(F)F)ccc21. The molecular weight excluding hydrogens is 374 g/mol. The number of ether oxygens (including phenoxy) is 1. The number of nitrogens with one attached hydrogen (secondary N) is 1. The number of carbonyl (C=O) groups excluding carboxylic acids is 1. The van der Waals surface area contributed by atoms with Crippen LogP contribution in [0.2, 0.25) is 5.02 Å². The summed E-state index contributed by atoms with van der Waals surface area (Å²) >= 11 is 5.99. The Balaban J connectivity index is 1.66. The van der Waals surface area contributed by atoms with Crippen molar-refractivity contribution in [2.24, 2.45) is 0 Å². The first-order valence-electron chi connectivity index (χ1n) is 8.76. The lowest BCUT2D eigenvalue weighted by molar-refractivity contribution is -0.0499. The highest BCUT2D eigenvalue weighted by molar-refractivity contribution is 6.30. The van der Waals surface area contributed by atoms with E-state index in [1.165, 1.54) is 6.07 Å². The van der Waals surface area contributed by atoms with Crippen LogP contribution < -0.4 is 10.1 Å². The normalized spacial score (nSPS) is 16.0. The van der Waals surface area contributed by atoms with Crippen molar-refractivity contribution < 1.29 is 18.3 Å². The van der Waals surface area contributed by atoms with Crippen LogP contribution in [0.3, 0.4) is 0 Å². The third-order valence-corrected chi connectivity index (χ3v) is 4.84. The van der Waals surface area contributed by atoms with Gasteiger partial charge in [0, 0.05) is 18.6 Å². The summed E-state index contributed by atoms with van der Waals surface area (Å²) in [4.78, 5) is 14.2. The van der Waals surface area contributed by atoms with Crippen LogP contribution in [0.25, 0.3) is 0 Å². The highest BCUT2D eigenvalue weighted by Crippen LogP contribution is 2.32. The molecule has 1 unspecified atom stereocenters. The zero-order valence-corrected chi connectivity index (χ0v) is 15.7. The molecule has 0 aromatic heterocycles. The van der Waals surface area contributed by atoms with Crippen molar-refractivity contribution in [3.8, 4) is 5.75 Å². The van der Waals surface area contributed by atoms with Crippen LogP contribution in [0.15, 0.2) is 42.5 Å². The van der Waals surface area contributed by atoms with Crippen molar-refractivity contribution in [3.63, 3.8) is 0 Å². The van der Waals surface area contributed by atoms with Gasteiger partial charge in [-0.15, -0.1) is 0 Å². The molecule has 0 radical (unpaired) electrons. The summed E-state index contributed by atoms with van der Waals surface area (Å²) in [7, 11) is 1.72. The maximum atomic E-state index is 12.6. The van der Waals surface area contributed by atoms with Crippen LogP contribution in [-0.4, -0.2) is 24.6 Å². The van der Waals surface area contributed by atoms with Gasteiger partial charge in [-0.3, -0.25) is 0 Å². The summed E-state index contributed by atoms with van der Waals surface area (Å²) in [6.07, 6.45) is 2.45. The van der Waals surface area contributed by atoms with Crippen LogP contribution in [0.5, 0.6) is 5.75 Å². The van der Waals surface area contributed by atoms with Gasteiger partial charge in [-0.2, -0.15) is 8.78 Å². The highest BCUT2D eigenvalue weighted by atomic mass is 35.5. The molecule has 0 spiro atoms. The van der Waals surface area contributed by atoms with Crippen molar-refractivity contribution in [2.45, 2.75) is 38.5 Å². The van der Waals surface area contributed by atoms with Gasteiger partial charge in [0.15, 0.2) is 0 Å². The third-order valence-electron chi connectivity index (χ3n) is 4.61. The van der Waals surface area contributed by atoms with Crippen LogP contribution in [0, 0.1) is 0 Å². The molecule has 4 nitrogen and oxygen atoms in total. The van der Waals surface area contributed by atoms with E-state index in [0.717, 1.165) is 36.0 Å². The van der Waals surface area contributed by atoms with Gasteiger partial charge < -0.3 is 15.0 Å². The van der Waals surface area contributed by atoms with Crippen LogP contribution >= 0.6 is 11.6 Å². The van der Waals surface area contributed by atoms with Gasteiger partial charge in [0.2, 0.25) is 0 Å². The molecule has 7 heteroatoms. The van der Waals surface area contributed by atoms with E-state index in [1.807, 2.05) is 18.2 Å². The largest absolute Gasteiger partial charge is 0.435 e. The lowest BCUT2D eigenvalue weighted by Crippen LogP contribution is -2.40. The number of benzene rings is 2. The average molecular weight is 395 g/mol. The van der Waals surface area contributed by atoms with Gasteiger partial charge >= 0.3 is 12.6 Å². The molecule has 144 valence electrons.